The van der Waals surface area contributed by atoms with E-state index >= 15 is 0 Å². The highest BCUT2D eigenvalue weighted by Gasteiger charge is 2.36. The van der Waals surface area contributed by atoms with Gasteiger partial charge >= 0.3 is 0 Å². The Balaban J connectivity index is 2.35. The number of carbonyl (C=O) groups excluding carboxylic acids is 1. The van der Waals surface area contributed by atoms with E-state index in [2.05, 4.69) is 15.3 Å². The van der Waals surface area contributed by atoms with Crippen LogP contribution in [0.4, 0.5) is 0 Å². The largest absolute Gasteiger partial charge is 0.352 e. The van der Waals surface area contributed by atoms with Crippen molar-refractivity contribution in [1.29, 1.82) is 0 Å². The highest BCUT2D eigenvalue weighted by Crippen LogP contribution is 2.35. The van der Waals surface area contributed by atoms with Gasteiger partial charge in [-0.2, -0.15) is 4.31 Å². The van der Waals surface area contributed by atoms with Crippen molar-refractivity contribution < 1.29 is 13.2 Å². The first-order chi connectivity index (χ1) is 10.8. The molecule has 1 aliphatic rings. The lowest BCUT2D eigenvalue weighted by Crippen LogP contribution is -2.34. The topological polar surface area (TPSA) is 92.3 Å². The fraction of sp³-hybridized carbons (Fsp3) is 0.667. The lowest BCUT2D eigenvalue weighted by atomic mass is 10.1. The van der Waals surface area contributed by atoms with E-state index in [1.807, 2.05) is 6.92 Å². The first kappa shape index (κ1) is 17.8. The lowest BCUT2D eigenvalue weighted by molar-refractivity contribution is -0.119. The van der Waals surface area contributed by atoms with Crippen molar-refractivity contribution in [2.24, 2.45) is 0 Å². The van der Waals surface area contributed by atoms with Gasteiger partial charge in [0, 0.05) is 31.8 Å². The van der Waals surface area contributed by atoms with Gasteiger partial charge in [0.2, 0.25) is 15.9 Å². The lowest BCUT2D eigenvalue weighted by Gasteiger charge is -2.25. The van der Waals surface area contributed by atoms with Crippen molar-refractivity contribution in [1.82, 2.24) is 19.6 Å². The molecule has 7 nitrogen and oxygen atoms in total. The molecule has 0 aromatic carbocycles. The van der Waals surface area contributed by atoms with Crippen LogP contribution in [0.5, 0.6) is 0 Å². The standard InChI is InChI=1S/C15H24N4O3S/c1-4-8-23(21,22)19-7-5-6-14(19)15-13(10-17-12(3)20)9-16-11(2)18-15/h9,14H,4-8,10H2,1-3H3,(H,17,20)/t14-/m1/s1. The number of nitrogens with one attached hydrogen (secondary N) is 1. The summed E-state index contributed by atoms with van der Waals surface area (Å²) in [6, 6.07) is -0.267. The number of nitrogens with zero attached hydrogens (tertiary/aromatic N) is 3. The summed E-state index contributed by atoms with van der Waals surface area (Å²) in [6.45, 7) is 5.92. The summed E-state index contributed by atoms with van der Waals surface area (Å²) in [5.74, 6) is 0.610. The number of amides is 1. The van der Waals surface area contributed by atoms with Crippen molar-refractivity contribution in [2.75, 3.05) is 12.3 Å². The summed E-state index contributed by atoms with van der Waals surface area (Å²) >= 11 is 0. The molecule has 2 heterocycles. The number of aryl methyl sites for hydroxylation is 1. The van der Waals surface area contributed by atoms with Gasteiger partial charge in [-0.1, -0.05) is 6.92 Å². The number of hydrogen-bond donors (Lipinski definition) is 1. The minimum atomic E-state index is -3.28. The molecule has 23 heavy (non-hydrogen) atoms. The first-order valence-corrected chi connectivity index (χ1v) is 9.52. The molecule has 1 fully saturated rings. The number of hydrogen-bond acceptors (Lipinski definition) is 5. The van der Waals surface area contributed by atoms with Crippen LogP contribution < -0.4 is 5.32 Å². The van der Waals surface area contributed by atoms with Crippen molar-refractivity contribution >= 4 is 15.9 Å². The van der Waals surface area contributed by atoms with Crippen LogP contribution in [0.25, 0.3) is 0 Å². The normalized spacial score (nSPS) is 19.0. The van der Waals surface area contributed by atoms with Crippen molar-refractivity contribution in [3.63, 3.8) is 0 Å². The van der Waals surface area contributed by atoms with Crippen LogP contribution in [0.15, 0.2) is 6.20 Å². The number of aromatic nitrogens is 2. The maximum absolute atomic E-state index is 12.5. The Morgan fingerprint density at radius 1 is 1.48 bits per heavy atom. The highest BCUT2D eigenvalue weighted by molar-refractivity contribution is 7.89. The van der Waals surface area contributed by atoms with Crippen molar-refractivity contribution in [3.05, 3.63) is 23.3 Å². The smallest absolute Gasteiger partial charge is 0.217 e. The van der Waals surface area contributed by atoms with E-state index in [1.165, 1.54) is 6.92 Å². The van der Waals surface area contributed by atoms with Crippen LogP contribution in [0, 0.1) is 6.92 Å². The Morgan fingerprint density at radius 2 is 2.22 bits per heavy atom. The second kappa shape index (κ2) is 7.35. The zero-order valence-corrected chi connectivity index (χ0v) is 14.7. The molecule has 0 spiro atoms. The van der Waals surface area contributed by atoms with Crippen LogP contribution in [0.3, 0.4) is 0 Å². The molecule has 2 rings (SSSR count). The highest BCUT2D eigenvalue weighted by atomic mass is 32.2. The average Bonchev–Trinajstić information content (AvgIpc) is 2.95. The second-order valence-electron chi connectivity index (χ2n) is 5.82. The predicted octanol–water partition coefficient (Wildman–Crippen LogP) is 1.30. The molecular formula is C15H24N4O3S. The van der Waals surface area contributed by atoms with Gasteiger partial charge in [-0.05, 0) is 26.2 Å². The number of sulfonamides is 1. The van der Waals surface area contributed by atoms with Gasteiger partial charge in [0.25, 0.3) is 0 Å². The van der Waals surface area contributed by atoms with Gasteiger partial charge < -0.3 is 5.32 Å². The summed E-state index contributed by atoms with van der Waals surface area (Å²) in [5, 5.41) is 2.74. The van der Waals surface area contributed by atoms with E-state index in [1.54, 1.807) is 17.4 Å². The molecule has 1 amide bonds. The van der Waals surface area contributed by atoms with E-state index in [9.17, 15) is 13.2 Å². The molecule has 1 aliphatic heterocycles. The Hall–Kier alpha value is -1.54. The molecule has 0 unspecified atom stereocenters. The fourth-order valence-electron chi connectivity index (χ4n) is 2.88. The van der Waals surface area contributed by atoms with Gasteiger partial charge in [-0.25, -0.2) is 18.4 Å². The molecule has 1 aromatic heterocycles. The average molecular weight is 340 g/mol. The predicted molar refractivity (Wildman–Crippen MR) is 87.0 cm³/mol. The van der Waals surface area contributed by atoms with Crippen LogP contribution in [-0.2, 0) is 21.4 Å². The number of carbonyl (C=O) groups is 1. The molecular weight excluding hydrogens is 316 g/mol. The van der Waals surface area contributed by atoms with Crippen molar-refractivity contribution in [3.8, 4) is 0 Å². The van der Waals surface area contributed by atoms with E-state index < -0.39 is 10.0 Å². The van der Waals surface area contributed by atoms with Gasteiger partial charge in [-0.3, -0.25) is 4.79 Å². The van der Waals surface area contributed by atoms with Gasteiger partial charge in [0.15, 0.2) is 0 Å². The third kappa shape index (κ3) is 4.26. The minimum absolute atomic E-state index is 0.140. The summed E-state index contributed by atoms with van der Waals surface area (Å²) in [5.41, 5.74) is 1.48. The molecule has 1 atom stereocenters. The van der Waals surface area contributed by atoms with E-state index in [-0.39, 0.29) is 17.7 Å². The maximum atomic E-state index is 12.5. The minimum Gasteiger partial charge on any atom is -0.352 e. The summed E-state index contributed by atoms with van der Waals surface area (Å²) in [7, 11) is -3.28. The molecule has 128 valence electrons. The van der Waals surface area contributed by atoms with Crippen molar-refractivity contribution in [2.45, 2.75) is 52.6 Å². The summed E-state index contributed by atoms with van der Waals surface area (Å²) < 4.78 is 26.5. The fourth-order valence-corrected chi connectivity index (χ4v) is 4.63. The SMILES string of the molecule is CCCS(=O)(=O)N1CCC[C@@H]1c1nc(C)ncc1CNC(C)=O. The Morgan fingerprint density at radius 3 is 2.87 bits per heavy atom. The third-order valence-electron chi connectivity index (χ3n) is 3.88. The van der Waals surface area contributed by atoms with Gasteiger partial charge in [-0.15, -0.1) is 0 Å². The molecule has 1 aromatic rings. The van der Waals surface area contributed by atoms with Gasteiger partial charge in [0.1, 0.15) is 5.82 Å². The third-order valence-corrected chi connectivity index (χ3v) is 5.96. The van der Waals surface area contributed by atoms with Crippen LogP contribution in [0.1, 0.15) is 56.2 Å². The second-order valence-corrected chi connectivity index (χ2v) is 7.86. The van der Waals surface area contributed by atoms with Crippen LogP contribution >= 0.6 is 0 Å². The first-order valence-electron chi connectivity index (χ1n) is 7.91. The van der Waals surface area contributed by atoms with Crippen LogP contribution in [-0.4, -0.2) is 40.9 Å². The molecule has 0 bridgehead atoms. The molecule has 1 saturated heterocycles. The summed E-state index contributed by atoms with van der Waals surface area (Å²) in [6.07, 6.45) is 3.83. The zero-order valence-electron chi connectivity index (χ0n) is 13.9. The Bertz CT molecular complexity index is 675. The molecule has 0 aliphatic carbocycles. The quantitative estimate of drug-likeness (QED) is 0.842. The van der Waals surface area contributed by atoms with E-state index in [0.717, 1.165) is 18.4 Å². The summed E-state index contributed by atoms with van der Waals surface area (Å²) in [4.78, 5) is 19.8. The maximum Gasteiger partial charge on any atom is 0.217 e. The van der Waals surface area contributed by atoms with E-state index in [4.69, 9.17) is 0 Å². The molecule has 1 N–H and O–H groups in total. The molecule has 0 saturated carbocycles. The number of rotatable bonds is 6. The Labute approximate surface area is 137 Å². The van der Waals surface area contributed by atoms with Crippen LogP contribution in [0.2, 0.25) is 0 Å². The monoisotopic (exact) mass is 340 g/mol. The molecule has 8 heteroatoms. The Kier molecular flexibility index (Phi) is 5.69. The molecule has 0 radical (unpaired) electrons. The van der Waals surface area contributed by atoms with E-state index in [0.29, 0.717) is 31.0 Å². The van der Waals surface area contributed by atoms with Gasteiger partial charge in [0.05, 0.1) is 17.5 Å². The zero-order chi connectivity index (χ0) is 17.0.